The number of amides is 2. The summed E-state index contributed by atoms with van der Waals surface area (Å²) in [6.45, 7) is 3.76. The second-order valence-electron chi connectivity index (χ2n) is 9.28. The minimum Gasteiger partial charge on any atom is -0.486 e. The molecule has 9 nitrogen and oxygen atoms in total. The van der Waals surface area contributed by atoms with Gasteiger partial charge < -0.3 is 19.7 Å². The molecular formula is C29H32FN3O6S. The maximum atomic E-state index is 14.0. The molecule has 0 saturated heterocycles. The lowest BCUT2D eigenvalue weighted by Gasteiger charge is -2.33. The van der Waals surface area contributed by atoms with Gasteiger partial charge in [-0.15, -0.1) is 0 Å². The fourth-order valence-corrected chi connectivity index (χ4v) is 5.93. The average molecular weight is 570 g/mol. The summed E-state index contributed by atoms with van der Waals surface area (Å²) in [5.74, 6) is -0.838. The van der Waals surface area contributed by atoms with Crippen molar-refractivity contribution in [1.82, 2.24) is 10.2 Å². The van der Waals surface area contributed by atoms with E-state index in [1.165, 1.54) is 42.3 Å². The summed E-state index contributed by atoms with van der Waals surface area (Å²) in [5, 5.41) is 2.60. The van der Waals surface area contributed by atoms with Crippen molar-refractivity contribution in [2.45, 2.75) is 37.8 Å². The highest BCUT2D eigenvalue weighted by atomic mass is 32.2. The molecule has 0 saturated carbocycles. The van der Waals surface area contributed by atoms with Crippen LogP contribution in [0.25, 0.3) is 0 Å². The summed E-state index contributed by atoms with van der Waals surface area (Å²) < 4.78 is 53.8. The van der Waals surface area contributed by atoms with E-state index in [4.69, 9.17) is 9.47 Å². The summed E-state index contributed by atoms with van der Waals surface area (Å²) in [4.78, 5) is 28.0. The molecule has 2 amide bonds. The maximum absolute atomic E-state index is 14.0. The third-order valence-electron chi connectivity index (χ3n) is 6.73. The minimum atomic E-state index is -4.34. The van der Waals surface area contributed by atoms with Crippen LogP contribution in [0.2, 0.25) is 0 Å². The third-order valence-corrected chi connectivity index (χ3v) is 8.50. The Balaban J connectivity index is 1.75. The molecule has 0 spiro atoms. The number of hydrogen-bond acceptors (Lipinski definition) is 6. The topological polar surface area (TPSA) is 105 Å². The predicted molar refractivity (Wildman–Crippen MR) is 148 cm³/mol. The Bertz CT molecular complexity index is 1480. The lowest BCUT2D eigenvalue weighted by atomic mass is 10.1. The van der Waals surface area contributed by atoms with E-state index < -0.39 is 34.3 Å². The van der Waals surface area contributed by atoms with Gasteiger partial charge in [0.05, 0.1) is 10.6 Å². The molecule has 1 N–H and O–H groups in total. The number of carbonyl (C=O) groups excluding carboxylic acids is 2. The first-order valence-electron chi connectivity index (χ1n) is 12.9. The van der Waals surface area contributed by atoms with Gasteiger partial charge >= 0.3 is 0 Å². The largest absolute Gasteiger partial charge is 0.486 e. The van der Waals surface area contributed by atoms with E-state index in [1.54, 1.807) is 6.92 Å². The van der Waals surface area contributed by atoms with Gasteiger partial charge in [0.15, 0.2) is 11.5 Å². The van der Waals surface area contributed by atoms with E-state index in [1.807, 2.05) is 31.2 Å². The van der Waals surface area contributed by atoms with Gasteiger partial charge in [0.1, 0.15) is 31.6 Å². The molecule has 0 unspecified atom stereocenters. The van der Waals surface area contributed by atoms with Crippen molar-refractivity contribution in [2.24, 2.45) is 0 Å². The van der Waals surface area contributed by atoms with Gasteiger partial charge in [0.25, 0.3) is 10.0 Å². The van der Waals surface area contributed by atoms with Crippen molar-refractivity contribution in [3.8, 4) is 11.5 Å². The number of hydrogen-bond donors (Lipinski definition) is 1. The van der Waals surface area contributed by atoms with E-state index in [2.05, 4.69) is 5.32 Å². The van der Waals surface area contributed by atoms with Crippen molar-refractivity contribution in [2.75, 3.05) is 31.1 Å². The molecule has 1 aliphatic heterocycles. The average Bonchev–Trinajstić information content (AvgIpc) is 2.96. The summed E-state index contributed by atoms with van der Waals surface area (Å²) >= 11 is 0. The van der Waals surface area contributed by atoms with E-state index in [0.29, 0.717) is 18.8 Å². The molecule has 1 atom stereocenters. The first-order chi connectivity index (χ1) is 19.1. The number of nitrogens with zero attached hydrogens (tertiary/aromatic N) is 2. The van der Waals surface area contributed by atoms with E-state index >= 15 is 0 Å². The number of ether oxygens (including phenoxy) is 2. The lowest BCUT2D eigenvalue weighted by Crippen LogP contribution is -2.51. The smallest absolute Gasteiger partial charge is 0.264 e. The zero-order valence-corrected chi connectivity index (χ0v) is 23.4. The van der Waals surface area contributed by atoms with Crippen LogP contribution in [0.15, 0.2) is 71.6 Å². The van der Waals surface area contributed by atoms with E-state index in [-0.39, 0.29) is 35.4 Å². The van der Waals surface area contributed by atoms with Crippen LogP contribution in [-0.2, 0) is 26.2 Å². The molecule has 1 aliphatic rings. The molecule has 3 aromatic carbocycles. The lowest BCUT2D eigenvalue weighted by molar-refractivity contribution is -0.140. The van der Waals surface area contributed by atoms with Gasteiger partial charge in [0.2, 0.25) is 11.8 Å². The molecule has 0 radical (unpaired) electrons. The van der Waals surface area contributed by atoms with Gasteiger partial charge in [-0.1, -0.05) is 31.2 Å². The SMILES string of the molecule is CC[C@H](C(=O)NC)N(Cc1ccccc1C)C(=O)CN(c1ccc(F)cc1)S(=O)(=O)c1ccc2c(c1)OCCO2. The van der Waals surface area contributed by atoms with Gasteiger partial charge in [0, 0.05) is 19.7 Å². The monoisotopic (exact) mass is 569 g/mol. The van der Waals surface area contributed by atoms with Crippen LogP contribution in [0.4, 0.5) is 10.1 Å². The van der Waals surface area contributed by atoms with Crippen LogP contribution in [0, 0.1) is 12.7 Å². The quantitative estimate of drug-likeness (QED) is 0.400. The second-order valence-corrected chi connectivity index (χ2v) is 11.1. The zero-order valence-electron chi connectivity index (χ0n) is 22.6. The number of likely N-dealkylation sites (N-methyl/N-ethyl adjacent to an activating group) is 1. The number of halogens is 1. The van der Waals surface area contributed by atoms with Crippen LogP contribution in [-0.4, -0.2) is 58.0 Å². The first-order valence-corrected chi connectivity index (χ1v) is 14.3. The fraction of sp³-hybridized carbons (Fsp3) is 0.310. The number of aryl methyl sites for hydroxylation is 1. The molecule has 3 aromatic rings. The Hall–Kier alpha value is -4.12. The van der Waals surface area contributed by atoms with Crippen LogP contribution >= 0.6 is 0 Å². The Morgan fingerprint density at radius 3 is 2.33 bits per heavy atom. The standard InChI is InChI=1S/C29H32FN3O6S/c1-4-25(29(35)31-3)32(18-21-8-6-5-7-20(21)2)28(34)19-33(23-11-9-22(30)10-12-23)40(36,37)24-13-14-26-27(17-24)39-16-15-38-26/h5-14,17,25H,4,15-16,18-19H2,1-3H3,(H,31,35)/t25-/m1/s1. The summed E-state index contributed by atoms with van der Waals surface area (Å²) in [6, 6.07) is 15.7. The van der Waals surface area contributed by atoms with Crippen molar-refractivity contribution in [3.05, 3.63) is 83.7 Å². The molecule has 4 rings (SSSR count). The fourth-order valence-electron chi connectivity index (χ4n) is 4.50. The third kappa shape index (κ3) is 6.20. The van der Waals surface area contributed by atoms with Crippen LogP contribution < -0.4 is 19.1 Å². The highest BCUT2D eigenvalue weighted by molar-refractivity contribution is 7.92. The van der Waals surface area contributed by atoms with Crippen LogP contribution in [0.5, 0.6) is 11.5 Å². The van der Waals surface area contributed by atoms with Crippen molar-refractivity contribution >= 4 is 27.5 Å². The summed E-state index contributed by atoms with van der Waals surface area (Å²) in [5.41, 5.74) is 1.83. The molecule has 40 heavy (non-hydrogen) atoms. The second kappa shape index (κ2) is 12.4. The minimum absolute atomic E-state index is 0.0912. The van der Waals surface area contributed by atoms with Crippen molar-refractivity contribution < 1.29 is 31.9 Å². The molecule has 0 fully saturated rings. The number of anilines is 1. The normalized spacial score (nSPS) is 13.3. The number of benzene rings is 3. The Morgan fingerprint density at radius 1 is 1.00 bits per heavy atom. The van der Waals surface area contributed by atoms with Crippen LogP contribution in [0.1, 0.15) is 24.5 Å². The zero-order chi connectivity index (χ0) is 28.9. The van der Waals surface area contributed by atoms with E-state index in [9.17, 15) is 22.4 Å². The number of nitrogens with one attached hydrogen (secondary N) is 1. The van der Waals surface area contributed by atoms with Crippen molar-refractivity contribution in [1.29, 1.82) is 0 Å². The van der Waals surface area contributed by atoms with Gasteiger partial charge in [-0.2, -0.15) is 0 Å². The van der Waals surface area contributed by atoms with Gasteiger partial charge in [-0.3, -0.25) is 13.9 Å². The number of rotatable bonds is 10. The molecular weight excluding hydrogens is 537 g/mol. The Morgan fingerprint density at radius 2 is 1.68 bits per heavy atom. The van der Waals surface area contributed by atoms with Gasteiger partial charge in [-0.25, -0.2) is 12.8 Å². The van der Waals surface area contributed by atoms with Crippen LogP contribution in [0.3, 0.4) is 0 Å². The summed E-state index contributed by atoms with van der Waals surface area (Å²) in [7, 11) is -2.86. The Kier molecular flexibility index (Phi) is 8.93. The number of carbonyl (C=O) groups is 2. The highest BCUT2D eigenvalue weighted by Gasteiger charge is 2.34. The Labute approximate surface area is 233 Å². The first kappa shape index (κ1) is 28.9. The molecule has 1 heterocycles. The van der Waals surface area contributed by atoms with Crippen molar-refractivity contribution in [3.63, 3.8) is 0 Å². The predicted octanol–water partition coefficient (Wildman–Crippen LogP) is 3.65. The molecule has 0 aliphatic carbocycles. The maximum Gasteiger partial charge on any atom is 0.264 e. The summed E-state index contributed by atoms with van der Waals surface area (Å²) in [6.07, 6.45) is 0.308. The highest BCUT2D eigenvalue weighted by Crippen LogP contribution is 2.34. The number of fused-ring (bicyclic) bond motifs is 1. The number of sulfonamides is 1. The molecule has 212 valence electrons. The van der Waals surface area contributed by atoms with Gasteiger partial charge in [-0.05, 0) is 60.9 Å². The molecule has 11 heteroatoms. The van der Waals surface area contributed by atoms with E-state index in [0.717, 1.165) is 27.6 Å². The molecule has 0 bridgehead atoms. The molecule has 0 aromatic heterocycles.